The number of rotatable bonds is 10. The van der Waals surface area contributed by atoms with E-state index in [2.05, 4.69) is 25.0 Å². The molecule has 4 unspecified atom stereocenters. The van der Waals surface area contributed by atoms with Crippen LogP contribution in [0.5, 0.6) is 0 Å². The van der Waals surface area contributed by atoms with Crippen molar-refractivity contribution >= 4 is 27.0 Å². The lowest BCUT2D eigenvalue weighted by Crippen LogP contribution is -2.33. The number of hydrogen-bond acceptors (Lipinski definition) is 10. The van der Waals surface area contributed by atoms with Gasteiger partial charge in [0.1, 0.15) is 24.1 Å². The first-order valence-corrected chi connectivity index (χ1v) is 13.5. The summed E-state index contributed by atoms with van der Waals surface area (Å²) in [6, 6.07) is 17.8. The van der Waals surface area contributed by atoms with Crippen molar-refractivity contribution in [3.63, 3.8) is 0 Å². The van der Waals surface area contributed by atoms with E-state index in [4.69, 9.17) is 4.74 Å². The standard InChI is InChI=1S/C25H28N6O6S/c32-14-18-21(33)22(34)25(37-18)31-15-27-20-23(26-12-11-16-7-3-1-4-8-16)29-19(30-24(20)31)13-28-38(35,36)17-9-5-2-6-10-17/h1-10,15,18,21-22,25,28,32-34H,11-14H2,(H,26,29,30). The fourth-order valence-electron chi connectivity index (χ4n) is 4.27. The number of anilines is 1. The number of nitrogens with zero attached hydrogens (tertiary/aromatic N) is 4. The number of aliphatic hydroxyl groups excluding tert-OH is 3. The van der Waals surface area contributed by atoms with Crippen molar-refractivity contribution < 1.29 is 28.5 Å². The molecule has 1 aliphatic rings. The molecule has 0 radical (unpaired) electrons. The lowest BCUT2D eigenvalue weighted by atomic mass is 10.1. The predicted molar refractivity (Wildman–Crippen MR) is 137 cm³/mol. The number of fused-ring (bicyclic) bond motifs is 1. The predicted octanol–water partition coefficient (Wildman–Crippen LogP) is 0.571. The summed E-state index contributed by atoms with van der Waals surface area (Å²) in [6.07, 6.45) is -2.57. The van der Waals surface area contributed by atoms with Gasteiger partial charge < -0.3 is 25.4 Å². The van der Waals surface area contributed by atoms with Gasteiger partial charge in [0.05, 0.1) is 24.4 Å². The molecule has 2 aromatic heterocycles. The van der Waals surface area contributed by atoms with Gasteiger partial charge in [0, 0.05) is 6.54 Å². The van der Waals surface area contributed by atoms with Crippen LogP contribution < -0.4 is 10.0 Å². The molecule has 0 spiro atoms. The van der Waals surface area contributed by atoms with Crippen molar-refractivity contribution in [1.82, 2.24) is 24.2 Å². The van der Waals surface area contributed by atoms with Crippen molar-refractivity contribution in [3.05, 3.63) is 78.4 Å². The smallest absolute Gasteiger partial charge is 0.240 e. The average Bonchev–Trinajstić information content (AvgIpc) is 3.49. The third kappa shape index (κ3) is 5.38. The molecular weight excluding hydrogens is 512 g/mol. The van der Waals surface area contributed by atoms with Gasteiger partial charge in [-0.15, -0.1) is 0 Å². The Hall–Kier alpha value is -3.46. The molecular formula is C25H28N6O6S. The van der Waals surface area contributed by atoms with Crippen molar-refractivity contribution in [2.45, 2.75) is 42.4 Å². The van der Waals surface area contributed by atoms with Crippen LogP contribution in [-0.4, -0.2) is 74.7 Å². The van der Waals surface area contributed by atoms with Crippen LogP contribution >= 0.6 is 0 Å². The Labute approximate surface area is 219 Å². The molecule has 200 valence electrons. The van der Waals surface area contributed by atoms with Gasteiger partial charge in [-0.05, 0) is 24.1 Å². The topological polar surface area (TPSA) is 172 Å². The van der Waals surface area contributed by atoms with Gasteiger partial charge in [0.25, 0.3) is 0 Å². The normalized spacial score (nSPS) is 21.7. The van der Waals surface area contributed by atoms with Crippen LogP contribution in [-0.2, 0) is 27.7 Å². The van der Waals surface area contributed by atoms with E-state index in [-0.39, 0.29) is 22.9 Å². The van der Waals surface area contributed by atoms with Crippen LogP contribution in [0.15, 0.2) is 71.9 Å². The zero-order valence-electron chi connectivity index (χ0n) is 20.3. The largest absolute Gasteiger partial charge is 0.394 e. The minimum atomic E-state index is -3.82. The summed E-state index contributed by atoms with van der Waals surface area (Å²) >= 11 is 0. The summed E-state index contributed by atoms with van der Waals surface area (Å²) in [5.74, 6) is 0.540. The summed E-state index contributed by atoms with van der Waals surface area (Å²) in [4.78, 5) is 13.5. The SMILES string of the molecule is O=S(=O)(NCc1nc(NCCc2ccccc2)c2ncn(C3OC(CO)C(O)C3O)c2n1)c1ccccc1. The third-order valence-electron chi connectivity index (χ3n) is 6.28. The van der Waals surface area contributed by atoms with Gasteiger partial charge in [0.2, 0.25) is 10.0 Å². The monoisotopic (exact) mass is 540 g/mol. The number of sulfonamides is 1. The first-order valence-electron chi connectivity index (χ1n) is 12.1. The number of ether oxygens (including phenoxy) is 1. The fraction of sp³-hybridized carbons (Fsp3) is 0.320. The molecule has 0 saturated carbocycles. The first kappa shape index (κ1) is 26.2. The van der Waals surface area contributed by atoms with E-state index in [1.807, 2.05) is 30.3 Å². The maximum absolute atomic E-state index is 12.8. The van der Waals surface area contributed by atoms with Crippen LogP contribution in [0.1, 0.15) is 17.6 Å². The van der Waals surface area contributed by atoms with Gasteiger partial charge in [0.15, 0.2) is 23.2 Å². The highest BCUT2D eigenvalue weighted by atomic mass is 32.2. The molecule has 5 N–H and O–H groups in total. The second-order valence-corrected chi connectivity index (χ2v) is 10.6. The van der Waals surface area contributed by atoms with Crippen LogP contribution in [0.4, 0.5) is 5.82 Å². The summed E-state index contributed by atoms with van der Waals surface area (Å²) < 4.78 is 35.1. The molecule has 4 atom stereocenters. The Balaban J connectivity index is 1.45. The van der Waals surface area contributed by atoms with Gasteiger partial charge in [-0.1, -0.05) is 48.5 Å². The summed E-state index contributed by atoms with van der Waals surface area (Å²) in [5, 5.41) is 33.5. The molecule has 0 amide bonds. The van der Waals surface area contributed by atoms with E-state index in [1.165, 1.54) is 23.0 Å². The Morgan fingerprint density at radius 2 is 1.68 bits per heavy atom. The quantitative estimate of drug-likeness (QED) is 0.191. The number of imidazole rings is 1. The zero-order chi connectivity index (χ0) is 26.7. The van der Waals surface area contributed by atoms with Crippen molar-refractivity contribution in [2.24, 2.45) is 0 Å². The van der Waals surface area contributed by atoms with E-state index in [1.54, 1.807) is 18.2 Å². The highest BCUT2D eigenvalue weighted by Gasteiger charge is 2.44. The maximum atomic E-state index is 12.8. The molecule has 3 heterocycles. The minimum Gasteiger partial charge on any atom is -0.394 e. The van der Waals surface area contributed by atoms with Gasteiger partial charge in [-0.2, -0.15) is 0 Å². The van der Waals surface area contributed by atoms with Gasteiger partial charge in [-0.25, -0.2) is 28.1 Å². The molecule has 38 heavy (non-hydrogen) atoms. The maximum Gasteiger partial charge on any atom is 0.240 e. The molecule has 0 aliphatic carbocycles. The van der Waals surface area contributed by atoms with Crippen molar-refractivity contribution in [3.8, 4) is 0 Å². The fourth-order valence-corrected chi connectivity index (χ4v) is 5.27. The summed E-state index contributed by atoms with van der Waals surface area (Å²) in [7, 11) is -3.82. The highest BCUT2D eigenvalue weighted by molar-refractivity contribution is 7.89. The highest BCUT2D eigenvalue weighted by Crippen LogP contribution is 2.32. The summed E-state index contributed by atoms with van der Waals surface area (Å²) in [5.41, 5.74) is 1.77. The zero-order valence-corrected chi connectivity index (χ0v) is 21.1. The van der Waals surface area contributed by atoms with Crippen LogP contribution in [0.3, 0.4) is 0 Å². The number of aromatic nitrogens is 4. The third-order valence-corrected chi connectivity index (χ3v) is 7.70. The number of aliphatic hydroxyl groups is 3. The first-order chi connectivity index (χ1) is 18.4. The van der Waals surface area contributed by atoms with Crippen molar-refractivity contribution in [2.75, 3.05) is 18.5 Å². The Morgan fingerprint density at radius 1 is 0.974 bits per heavy atom. The Bertz CT molecular complexity index is 1480. The molecule has 4 aromatic rings. The Morgan fingerprint density at radius 3 is 2.37 bits per heavy atom. The second-order valence-electron chi connectivity index (χ2n) is 8.84. The molecule has 12 nitrogen and oxygen atoms in total. The molecule has 5 rings (SSSR count). The van der Waals surface area contributed by atoms with E-state index in [0.29, 0.717) is 24.3 Å². The number of hydrogen-bond donors (Lipinski definition) is 5. The Kier molecular flexibility index (Phi) is 7.65. The van der Waals surface area contributed by atoms with Crippen LogP contribution in [0.25, 0.3) is 11.2 Å². The van der Waals surface area contributed by atoms with Gasteiger partial charge in [-0.3, -0.25) is 4.57 Å². The molecule has 2 aromatic carbocycles. The minimum absolute atomic E-state index is 0.110. The van der Waals surface area contributed by atoms with Crippen LogP contribution in [0.2, 0.25) is 0 Å². The average molecular weight is 541 g/mol. The molecule has 0 bridgehead atoms. The number of nitrogens with one attached hydrogen (secondary N) is 2. The summed E-state index contributed by atoms with van der Waals surface area (Å²) in [6.45, 7) is -0.164. The number of benzene rings is 2. The van der Waals surface area contributed by atoms with E-state index in [0.717, 1.165) is 5.56 Å². The molecule has 13 heteroatoms. The van der Waals surface area contributed by atoms with E-state index < -0.39 is 41.2 Å². The molecule has 1 fully saturated rings. The second kappa shape index (κ2) is 11.1. The lowest BCUT2D eigenvalue weighted by molar-refractivity contribution is -0.0511. The van der Waals surface area contributed by atoms with Crippen molar-refractivity contribution in [1.29, 1.82) is 0 Å². The van der Waals surface area contributed by atoms with Crippen LogP contribution in [0, 0.1) is 0 Å². The molecule has 1 saturated heterocycles. The van der Waals surface area contributed by atoms with E-state index >= 15 is 0 Å². The van der Waals surface area contributed by atoms with E-state index in [9.17, 15) is 23.7 Å². The van der Waals surface area contributed by atoms with Gasteiger partial charge >= 0.3 is 0 Å². The molecule has 1 aliphatic heterocycles. The lowest BCUT2D eigenvalue weighted by Gasteiger charge is -2.17.